The van der Waals surface area contributed by atoms with Gasteiger partial charge in [0.1, 0.15) is 0 Å². The van der Waals surface area contributed by atoms with E-state index in [9.17, 15) is 0 Å². The van der Waals surface area contributed by atoms with Crippen molar-refractivity contribution < 1.29 is 0 Å². The van der Waals surface area contributed by atoms with Gasteiger partial charge in [-0.3, -0.25) is 0 Å². The van der Waals surface area contributed by atoms with Crippen molar-refractivity contribution in [3.05, 3.63) is 10.8 Å². The molecule has 0 fully saturated rings. The minimum Gasteiger partial charge on any atom is -0.114 e. The fourth-order valence-electron chi connectivity index (χ4n) is 0.704. The fraction of sp³-hybridized carbons (Fsp3) is 0.800. The molecular weight excluding hydrogens is 184 g/mol. The Kier molecular flexibility index (Phi) is 4.25. The number of hydrogen-bond acceptors (Lipinski definition) is 2. The molecule has 0 aliphatic heterocycles. The molecule has 0 heterocycles. The van der Waals surface area contributed by atoms with Crippen LogP contribution in [0, 0.1) is 0 Å². The van der Waals surface area contributed by atoms with E-state index in [2.05, 4.69) is 48.1 Å². The second-order valence-electron chi connectivity index (χ2n) is 4.80. The quantitative estimate of drug-likeness (QED) is 0.648. The molecule has 0 spiro atoms. The molecule has 0 atom stereocenters. The number of hydrogen-bond donors (Lipinski definition) is 0. The van der Waals surface area contributed by atoms with Crippen molar-refractivity contribution in [2.24, 2.45) is 0 Å². The highest BCUT2D eigenvalue weighted by atomic mass is 32.2. The number of thioether (sulfide) groups is 2. The largest absolute Gasteiger partial charge is 0.114 e. The van der Waals surface area contributed by atoms with E-state index in [1.807, 2.05) is 23.5 Å². The Labute approximate surface area is 85.6 Å². The van der Waals surface area contributed by atoms with Crippen LogP contribution in [0.3, 0.4) is 0 Å². The molecule has 0 saturated heterocycles. The highest BCUT2D eigenvalue weighted by Crippen LogP contribution is 2.41. The van der Waals surface area contributed by atoms with Gasteiger partial charge in [0.05, 0.1) is 0 Å². The Morgan fingerprint density at radius 1 is 0.833 bits per heavy atom. The lowest BCUT2D eigenvalue weighted by atomic mass is 10.3. The molecule has 0 amide bonds. The van der Waals surface area contributed by atoms with Crippen LogP contribution in [0.2, 0.25) is 0 Å². The summed E-state index contributed by atoms with van der Waals surface area (Å²) in [6, 6.07) is 0. The lowest BCUT2D eigenvalue weighted by molar-refractivity contribution is 0.803. The minimum atomic E-state index is 0.287. The summed E-state index contributed by atoms with van der Waals surface area (Å²) in [4.78, 5) is 0. The Balaban J connectivity index is 3.92. The van der Waals surface area contributed by atoms with Gasteiger partial charge in [0.2, 0.25) is 0 Å². The van der Waals surface area contributed by atoms with Gasteiger partial charge in [-0.05, 0) is 0 Å². The van der Waals surface area contributed by atoms with Gasteiger partial charge in [-0.15, -0.1) is 23.5 Å². The van der Waals surface area contributed by atoms with Crippen LogP contribution in [-0.2, 0) is 0 Å². The summed E-state index contributed by atoms with van der Waals surface area (Å²) < 4.78 is 1.79. The van der Waals surface area contributed by atoms with Crippen LogP contribution in [0.5, 0.6) is 0 Å². The van der Waals surface area contributed by atoms with Gasteiger partial charge in [0.15, 0.2) is 0 Å². The molecular formula is C10H20S2. The van der Waals surface area contributed by atoms with Gasteiger partial charge in [0.25, 0.3) is 0 Å². The molecule has 0 aromatic rings. The Morgan fingerprint density at radius 2 is 1.08 bits per heavy atom. The molecule has 2 heteroatoms. The molecule has 0 unspecified atom stereocenters. The summed E-state index contributed by atoms with van der Waals surface area (Å²) in [5.41, 5.74) is 0. The van der Waals surface area contributed by atoms with Crippen molar-refractivity contribution in [3.63, 3.8) is 0 Å². The summed E-state index contributed by atoms with van der Waals surface area (Å²) in [5, 5.41) is 0. The average Bonchev–Trinajstić information content (AvgIpc) is 1.49. The van der Waals surface area contributed by atoms with E-state index in [4.69, 9.17) is 0 Å². The standard InChI is InChI=1S/C10H20S2/c1-8(11-9(2,3)4)12-10(5,6)7/h1H2,2-7H3. The van der Waals surface area contributed by atoms with E-state index >= 15 is 0 Å². The Hall–Kier alpha value is 0.440. The highest BCUT2D eigenvalue weighted by molar-refractivity contribution is 8.23. The molecule has 0 N–H and O–H groups in total. The first kappa shape index (κ1) is 12.4. The van der Waals surface area contributed by atoms with Gasteiger partial charge in [-0.2, -0.15) is 0 Å². The fourth-order valence-corrected chi connectivity index (χ4v) is 3.74. The molecule has 0 nitrogen and oxygen atoms in total. The lowest BCUT2D eigenvalue weighted by Gasteiger charge is -2.23. The van der Waals surface area contributed by atoms with Crippen LogP contribution in [0.15, 0.2) is 10.8 Å². The maximum Gasteiger partial charge on any atom is 0.0338 e. The molecule has 0 aromatic carbocycles. The molecule has 0 bridgehead atoms. The van der Waals surface area contributed by atoms with Crippen molar-refractivity contribution in [2.75, 3.05) is 0 Å². The third kappa shape index (κ3) is 8.54. The van der Waals surface area contributed by atoms with Gasteiger partial charge in [-0.25, -0.2) is 0 Å². The van der Waals surface area contributed by atoms with Gasteiger partial charge in [0, 0.05) is 13.7 Å². The van der Waals surface area contributed by atoms with Crippen molar-refractivity contribution in [2.45, 2.75) is 51.0 Å². The van der Waals surface area contributed by atoms with E-state index in [-0.39, 0.29) is 9.49 Å². The zero-order valence-electron chi connectivity index (χ0n) is 9.02. The summed E-state index contributed by atoms with van der Waals surface area (Å²) in [5.74, 6) is 0. The maximum absolute atomic E-state index is 4.05. The summed E-state index contributed by atoms with van der Waals surface area (Å²) in [6.07, 6.45) is 0. The van der Waals surface area contributed by atoms with Crippen LogP contribution in [-0.4, -0.2) is 9.49 Å². The molecule has 0 rings (SSSR count). The predicted molar refractivity (Wildman–Crippen MR) is 63.8 cm³/mol. The first-order chi connectivity index (χ1) is 5.10. The Bertz CT molecular complexity index is 140. The van der Waals surface area contributed by atoms with Crippen molar-refractivity contribution in [1.29, 1.82) is 0 Å². The third-order valence-corrected chi connectivity index (χ3v) is 3.02. The zero-order chi connectivity index (χ0) is 9.99. The van der Waals surface area contributed by atoms with Gasteiger partial charge < -0.3 is 0 Å². The normalized spacial score (nSPS) is 13.2. The highest BCUT2D eigenvalue weighted by Gasteiger charge is 2.18. The van der Waals surface area contributed by atoms with Crippen LogP contribution < -0.4 is 0 Å². The third-order valence-electron chi connectivity index (χ3n) is 0.840. The zero-order valence-corrected chi connectivity index (χ0v) is 10.7. The lowest BCUT2D eigenvalue weighted by Crippen LogP contribution is -2.10. The van der Waals surface area contributed by atoms with Crippen molar-refractivity contribution in [3.8, 4) is 0 Å². The first-order valence-corrected chi connectivity index (χ1v) is 5.80. The van der Waals surface area contributed by atoms with Crippen LogP contribution in [0.25, 0.3) is 0 Å². The molecule has 0 radical (unpaired) electrons. The van der Waals surface area contributed by atoms with Crippen molar-refractivity contribution in [1.82, 2.24) is 0 Å². The molecule has 72 valence electrons. The molecule has 0 aliphatic rings. The second kappa shape index (κ2) is 4.10. The average molecular weight is 204 g/mol. The summed E-state index contributed by atoms with van der Waals surface area (Å²) in [6.45, 7) is 17.3. The summed E-state index contributed by atoms with van der Waals surface area (Å²) in [7, 11) is 0. The van der Waals surface area contributed by atoms with E-state index in [0.717, 1.165) is 0 Å². The maximum atomic E-state index is 4.05. The molecule has 0 aromatic heterocycles. The van der Waals surface area contributed by atoms with Crippen LogP contribution in [0.1, 0.15) is 41.5 Å². The topological polar surface area (TPSA) is 0 Å². The monoisotopic (exact) mass is 204 g/mol. The molecule has 0 saturated carbocycles. The summed E-state index contributed by atoms with van der Waals surface area (Å²) >= 11 is 3.70. The van der Waals surface area contributed by atoms with Crippen molar-refractivity contribution >= 4 is 23.5 Å². The smallest absolute Gasteiger partial charge is 0.0338 e. The SMILES string of the molecule is C=C(SC(C)(C)C)SC(C)(C)C. The minimum absolute atomic E-state index is 0.287. The molecule has 12 heavy (non-hydrogen) atoms. The van der Waals surface area contributed by atoms with Gasteiger partial charge >= 0.3 is 0 Å². The van der Waals surface area contributed by atoms with E-state index in [1.54, 1.807) is 0 Å². The van der Waals surface area contributed by atoms with Gasteiger partial charge in [-0.1, -0.05) is 48.1 Å². The Morgan fingerprint density at radius 3 is 1.25 bits per heavy atom. The molecule has 0 aliphatic carbocycles. The van der Waals surface area contributed by atoms with E-state index in [1.165, 1.54) is 4.24 Å². The number of rotatable bonds is 2. The predicted octanol–water partition coefficient (Wildman–Crippen LogP) is 4.52. The van der Waals surface area contributed by atoms with Crippen LogP contribution in [0.4, 0.5) is 0 Å². The second-order valence-corrected chi connectivity index (χ2v) is 8.90. The van der Waals surface area contributed by atoms with E-state index in [0.29, 0.717) is 0 Å². The van der Waals surface area contributed by atoms with E-state index < -0.39 is 0 Å². The van der Waals surface area contributed by atoms with Crippen LogP contribution >= 0.6 is 23.5 Å². The first-order valence-electron chi connectivity index (χ1n) is 4.17.